The molecule has 0 aliphatic carbocycles. The van der Waals surface area contributed by atoms with Crippen LogP contribution in [0.5, 0.6) is 11.5 Å². The maximum atomic E-state index is 12.5. The number of nitrogens with zero attached hydrogens (tertiary/aromatic N) is 1. The minimum atomic E-state index is -0.478. The van der Waals surface area contributed by atoms with Gasteiger partial charge >= 0.3 is 0 Å². The van der Waals surface area contributed by atoms with Crippen molar-refractivity contribution in [3.63, 3.8) is 0 Å². The van der Waals surface area contributed by atoms with E-state index < -0.39 is 5.91 Å². The quantitative estimate of drug-likeness (QED) is 0.379. The molecule has 0 saturated heterocycles. The van der Waals surface area contributed by atoms with Crippen LogP contribution in [0.4, 0.5) is 5.69 Å². The summed E-state index contributed by atoms with van der Waals surface area (Å²) in [6, 6.07) is 21.9. The molecule has 0 spiro atoms. The summed E-state index contributed by atoms with van der Waals surface area (Å²) in [6.45, 7) is 2.26. The molecule has 0 saturated carbocycles. The van der Waals surface area contributed by atoms with Gasteiger partial charge in [0, 0.05) is 10.7 Å². The van der Waals surface area contributed by atoms with E-state index in [9.17, 15) is 10.1 Å². The first kappa shape index (κ1) is 21.9. The Hall–Kier alpha value is -3.75. The van der Waals surface area contributed by atoms with Gasteiger partial charge in [-0.3, -0.25) is 4.79 Å². The van der Waals surface area contributed by atoms with Crippen LogP contribution in [0.3, 0.4) is 0 Å². The maximum absolute atomic E-state index is 12.5. The summed E-state index contributed by atoms with van der Waals surface area (Å²) >= 11 is 6.01. The maximum Gasteiger partial charge on any atom is 0.266 e. The Balaban J connectivity index is 1.75. The zero-order valence-electron chi connectivity index (χ0n) is 17.2. The normalized spacial score (nSPS) is 10.8. The highest BCUT2D eigenvalue weighted by Crippen LogP contribution is 2.30. The topological polar surface area (TPSA) is 71.3 Å². The fraction of sp³-hybridized carbons (Fsp3) is 0.120. The van der Waals surface area contributed by atoms with Gasteiger partial charge < -0.3 is 14.8 Å². The van der Waals surface area contributed by atoms with E-state index in [2.05, 4.69) is 5.32 Å². The second-order valence-electron chi connectivity index (χ2n) is 6.82. The largest absolute Gasteiger partial charge is 0.493 e. The minimum Gasteiger partial charge on any atom is -0.493 e. The molecular formula is C25H21ClN2O3. The van der Waals surface area contributed by atoms with Crippen LogP contribution < -0.4 is 14.8 Å². The number of anilines is 1. The molecular weight excluding hydrogens is 412 g/mol. The summed E-state index contributed by atoms with van der Waals surface area (Å²) in [5.74, 6) is 0.558. The highest BCUT2D eigenvalue weighted by atomic mass is 35.5. The lowest BCUT2D eigenvalue weighted by Gasteiger charge is -2.12. The first-order valence-electron chi connectivity index (χ1n) is 9.53. The molecule has 1 N–H and O–H groups in total. The van der Waals surface area contributed by atoms with Gasteiger partial charge in [0.2, 0.25) is 0 Å². The number of ether oxygens (including phenoxy) is 2. The molecule has 0 unspecified atom stereocenters. The van der Waals surface area contributed by atoms with Gasteiger partial charge in [-0.25, -0.2) is 0 Å². The smallest absolute Gasteiger partial charge is 0.266 e. The lowest BCUT2D eigenvalue weighted by Crippen LogP contribution is -2.13. The van der Waals surface area contributed by atoms with Crippen molar-refractivity contribution in [1.29, 1.82) is 5.26 Å². The Kier molecular flexibility index (Phi) is 7.31. The van der Waals surface area contributed by atoms with E-state index >= 15 is 0 Å². The zero-order valence-corrected chi connectivity index (χ0v) is 17.9. The average Bonchev–Trinajstić information content (AvgIpc) is 2.76. The number of halogens is 1. The van der Waals surface area contributed by atoms with Crippen molar-refractivity contribution in [2.24, 2.45) is 0 Å². The number of methoxy groups -OCH3 is 1. The van der Waals surface area contributed by atoms with Crippen molar-refractivity contribution in [2.75, 3.05) is 12.4 Å². The Bertz CT molecular complexity index is 1170. The number of hydrogen-bond donors (Lipinski definition) is 1. The van der Waals surface area contributed by atoms with E-state index in [1.54, 1.807) is 30.3 Å². The van der Waals surface area contributed by atoms with E-state index in [1.807, 2.05) is 49.4 Å². The molecule has 0 bridgehead atoms. The predicted molar refractivity (Wildman–Crippen MR) is 122 cm³/mol. The molecule has 0 aromatic heterocycles. The van der Waals surface area contributed by atoms with E-state index in [1.165, 1.54) is 13.2 Å². The lowest BCUT2D eigenvalue weighted by molar-refractivity contribution is -0.112. The fourth-order valence-corrected chi connectivity index (χ4v) is 3.13. The molecule has 3 rings (SSSR count). The second-order valence-corrected chi connectivity index (χ2v) is 7.26. The van der Waals surface area contributed by atoms with Crippen LogP contribution in [-0.2, 0) is 11.4 Å². The van der Waals surface area contributed by atoms with Crippen LogP contribution in [0.2, 0.25) is 5.02 Å². The van der Waals surface area contributed by atoms with Crippen LogP contribution in [0.1, 0.15) is 16.7 Å². The number of amides is 1. The van der Waals surface area contributed by atoms with Gasteiger partial charge in [-0.05, 0) is 66.1 Å². The van der Waals surface area contributed by atoms with E-state index in [4.69, 9.17) is 21.1 Å². The Morgan fingerprint density at radius 1 is 1.10 bits per heavy atom. The van der Waals surface area contributed by atoms with Crippen LogP contribution >= 0.6 is 11.6 Å². The van der Waals surface area contributed by atoms with Gasteiger partial charge in [0.1, 0.15) is 18.2 Å². The van der Waals surface area contributed by atoms with Crippen molar-refractivity contribution in [3.8, 4) is 17.6 Å². The zero-order chi connectivity index (χ0) is 22.2. The first-order valence-corrected chi connectivity index (χ1v) is 9.91. The number of aryl methyl sites for hydroxylation is 1. The fourth-order valence-electron chi connectivity index (χ4n) is 2.92. The van der Waals surface area contributed by atoms with Crippen LogP contribution in [-0.4, -0.2) is 13.0 Å². The molecule has 0 atom stereocenters. The molecule has 3 aromatic carbocycles. The highest BCUT2D eigenvalue weighted by molar-refractivity contribution is 6.30. The molecule has 6 heteroatoms. The van der Waals surface area contributed by atoms with Gasteiger partial charge in [-0.2, -0.15) is 5.26 Å². The summed E-state index contributed by atoms with van der Waals surface area (Å²) in [5.41, 5.74) is 3.20. The van der Waals surface area contributed by atoms with Crippen molar-refractivity contribution < 1.29 is 14.3 Å². The van der Waals surface area contributed by atoms with Crippen molar-refractivity contribution >= 4 is 29.3 Å². The number of nitrogens with one attached hydrogen (secondary N) is 1. The molecule has 0 fully saturated rings. The molecule has 156 valence electrons. The lowest BCUT2D eigenvalue weighted by atomic mass is 10.1. The third-order valence-electron chi connectivity index (χ3n) is 4.42. The molecule has 0 heterocycles. The van der Waals surface area contributed by atoms with E-state index in [0.717, 1.165) is 11.1 Å². The van der Waals surface area contributed by atoms with Crippen LogP contribution in [0.25, 0.3) is 6.08 Å². The van der Waals surface area contributed by atoms with Crippen molar-refractivity contribution in [2.45, 2.75) is 13.5 Å². The molecule has 0 radical (unpaired) electrons. The molecule has 5 nitrogen and oxygen atoms in total. The first-order chi connectivity index (χ1) is 15.0. The third-order valence-corrected chi connectivity index (χ3v) is 4.66. The number of hydrogen-bond acceptors (Lipinski definition) is 4. The average molecular weight is 433 g/mol. The monoisotopic (exact) mass is 432 g/mol. The highest BCUT2D eigenvalue weighted by Gasteiger charge is 2.11. The Morgan fingerprint density at radius 3 is 2.61 bits per heavy atom. The van der Waals surface area contributed by atoms with Gasteiger partial charge in [-0.15, -0.1) is 0 Å². The Labute approximate surface area is 186 Å². The van der Waals surface area contributed by atoms with Crippen LogP contribution in [0, 0.1) is 18.3 Å². The van der Waals surface area contributed by atoms with E-state index in [-0.39, 0.29) is 5.57 Å². The Morgan fingerprint density at radius 2 is 1.90 bits per heavy atom. The molecule has 0 aliphatic heterocycles. The molecule has 31 heavy (non-hydrogen) atoms. The van der Waals surface area contributed by atoms with Crippen molar-refractivity contribution in [3.05, 3.63) is 94.0 Å². The predicted octanol–water partition coefficient (Wildman–Crippen LogP) is 5.78. The van der Waals surface area contributed by atoms with Gasteiger partial charge in [0.05, 0.1) is 7.11 Å². The number of carbonyl (C=O) groups is 1. The van der Waals surface area contributed by atoms with Gasteiger partial charge in [0.25, 0.3) is 5.91 Å². The number of carbonyl (C=O) groups excluding carboxylic acids is 1. The van der Waals surface area contributed by atoms with Gasteiger partial charge in [-0.1, -0.05) is 41.9 Å². The number of rotatable bonds is 7. The summed E-state index contributed by atoms with van der Waals surface area (Å²) < 4.78 is 11.3. The summed E-state index contributed by atoms with van der Waals surface area (Å²) in [4.78, 5) is 12.5. The number of nitriles is 1. The van der Waals surface area contributed by atoms with E-state index in [0.29, 0.717) is 34.4 Å². The summed E-state index contributed by atoms with van der Waals surface area (Å²) in [5, 5.41) is 12.8. The third kappa shape index (κ3) is 6.11. The standard InChI is InChI=1S/C25H21ClN2O3/c1-17-5-3-8-22(11-17)28-25(29)20(15-27)12-18-9-10-23(24(14-18)30-2)31-16-19-6-4-7-21(26)13-19/h3-14H,16H2,1-2H3,(H,28,29)/b20-12+. The summed E-state index contributed by atoms with van der Waals surface area (Å²) in [7, 11) is 1.53. The molecule has 0 aliphatic rings. The van der Waals surface area contributed by atoms with Crippen molar-refractivity contribution in [1.82, 2.24) is 0 Å². The molecule has 1 amide bonds. The second kappa shape index (κ2) is 10.3. The molecule has 3 aromatic rings. The summed E-state index contributed by atoms with van der Waals surface area (Å²) in [6.07, 6.45) is 1.51. The SMILES string of the molecule is COc1cc(/C=C(\C#N)C(=O)Nc2cccc(C)c2)ccc1OCc1cccc(Cl)c1. The van der Waals surface area contributed by atoms with Crippen LogP contribution in [0.15, 0.2) is 72.3 Å². The minimum absolute atomic E-state index is 0.0174. The van der Waals surface area contributed by atoms with Gasteiger partial charge in [0.15, 0.2) is 11.5 Å². The number of benzene rings is 3.